The fourth-order valence-electron chi connectivity index (χ4n) is 1.42. The van der Waals surface area contributed by atoms with E-state index in [0.717, 1.165) is 13.0 Å². The Hall–Kier alpha value is -0.0800. The van der Waals surface area contributed by atoms with Crippen LogP contribution in [0.1, 0.15) is 20.3 Å². The summed E-state index contributed by atoms with van der Waals surface area (Å²) in [5, 5.41) is 0. The zero-order chi connectivity index (χ0) is 7.56. The highest BCUT2D eigenvalue weighted by molar-refractivity contribution is 4.75. The second-order valence-electron chi connectivity index (χ2n) is 3.00. The summed E-state index contributed by atoms with van der Waals surface area (Å²) in [5.41, 5.74) is 0. The fraction of sp³-hybridized carbons (Fsp3) is 1.00. The van der Waals surface area contributed by atoms with Crippen molar-refractivity contribution < 1.29 is 9.47 Å². The van der Waals surface area contributed by atoms with Crippen molar-refractivity contribution in [3.05, 3.63) is 0 Å². The Morgan fingerprint density at radius 2 is 2.10 bits per heavy atom. The van der Waals surface area contributed by atoms with Gasteiger partial charge in [-0.05, 0) is 13.3 Å². The summed E-state index contributed by atoms with van der Waals surface area (Å²) in [6, 6.07) is 0. The van der Waals surface area contributed by atoms with Gasteiger partial charge in [0.15, 0.2) is 0 Å². The van der Waals surface area contributed by atoms with Crippen molar-refractivity contribution >= 4 is 0 Å². The number of hydrogen-bond donors (Lipinski definition) is 0. The molecular weight excluding hydrogens is 128 g/mol. The van der Waals surface area contributed by atoms with E-state index in [0.29, 0.717) is 18.1 Å². The monoisotopic (exact) mass is 144 g/mol. The normalized spacial score (nSPS) is 41.7. The van der Waals surface area contributed by atoms with Gasteiger partial charge in [-0.15, -0.1) is 0 Å². The quantitative estimate of drug-likeness (QED) is 0.554. The maximum Gasteiger partial charge on any atom is 0.0643 e. The van der Waals surface area contributed by atoms with Crippen molar-refractivity contribution in [1.29, 1.82) is 0 Å². The summed E-state index contributed by atoms with van der Waals surface area (Å²) in [6.45, 7) is 5.14. The predicted octanol–water partition coefficient (Wildman–Crippen LogP) is 1.45. The first-order valence-corrected chi connectivity index (χ1v) is 3.90. The van der Waals surface area contributed by atoms with E-state index in [4.69, 9.17) is 9.47 Å². The largest absolute Gasteiger partial charge is 0.381 e. The van der Waals surface area contributed by atoms with Gasteiger partial charge in [-0.3, -0.25) is 0 Å². The summed E-state index contributed by atoms with van der Waals surface area (Å²) in [4.78, 5) is 0. The van der Waals surface area contributed by atoms with Crippen LogP contribution in [0.2, 0.25) is 0 Å². The molecule has 1 aliphatic heterocycles. The lowest BCUT2D eigenvalue weighted by molar-refractivity contribution is -0.0911. The maximum absolute atomic E-state index is 5.44. The third kappa shape index (κ3) is 1.50. The molecule has 1 heterocycles. The van der Waals surface area contributed by atoms with Crippen molar-refractivity contribution in [1.82, 2.24) is 0 Å². The van der Waals surface area contributed by atoms with E-state index >= 15 is 0 Å². The van der Waals surface area contributed by atoms with Crippen molar-refractivity contribution in [2.24, 2.45) is 5.92 Å². The van der Waals surface area contributed by atoms with Crippen LogP contribution in [-0.4, -0.2) is 25.9 Å². The second-order valence-corrected chi connectivity index (χ2v) is 3.00. The Labute approximate surface area is 62.5 Å². The molecule has 0 aromatic rings. The lowest BCUT2D eigenvalue weighted by Gasteiger charge is -2.32. The Morgan fingerprint density at radius 1 is 1.40 bits per heavy atom. The summed E-state index contributed by atoms with van der Waals surface area (Å²) in [6.07, 6.45) is 1.81. The van der Waals surface area contributed by atoms with Crippen molar-refractivity contribution in [3.8, 4) is 0 Å². The summed E-state index contributed by atoms with van der Waals surface area (Å²) in [5.74, 6) is 0.541. The Morgan fingerprint density at radius 3 is 2.60 bits per heavy atom. The Kier molecular flexibility index (Phi) is 2.69. The highest BCUT2D eigenvalue weighted by Crippen LogP contribution is 2.22. The van der Waals surface area contributed by atoms with E-state index in [9.17, 15) is 0 Å². The van der Waals surface area contributed by atoms with Crippen molar-refractivity contribution in [2.75, 3.05) is 13.7 Å². The molecule has 0 bridgehead atoms. The minimum atomic E-state index is 0.360. The molecular formula is C8H16O2. The molecule has 0 N–H and O–H groups in total. The number of methoxy groups -OCH3 is 1. The average molecular weight is 144 g/mol. The van der Waals surface area contributed by atoms with Gasteiger partial charge in [-0.2, -0.15) is 0 Å². The third-order valence-electron chi connectivity index (χ3n) is 2.41. The van der Waals surface area contributed by atoms with Gasteiger partial charge in [0.25, 0.3) is 0 Å². The topological polar surface area (TPSA) is 18.5 Å². The molecule has 1 aliphatic rings. The molecule has 0 aromatic carbocycles. The minimum Gasteiger partial charge on any atom is -0.381 e. The van der Waals surface area contributed by atoms with E-state index in [2.05, 4.69) is 13.8 Å². The van der Waals surface area contributed by atoms with Gasteiger partial charge in [0.1, 0.15) is 0 Å². The smallest absolute Gasteiger partial charge is 0.0643 e. The summed E-state index contributed by atoms with van der Waals surface area (Å²) < 4.78 is 10.7. The first kappa shape index (κ1) is 8.02. The molecule has 3 atom stereocenters. The molecule has 1 saturated heterocycles. The van der Waals surface area contributed by atoms with E-state index in [-0.39, 0.29) is 0 Å². The molecule has 10 heavy (non-hydrogen) atoms. The SMILES string of the molecule is CO[C@H]1CCO[C@@H](C)[C@@H]1C. The van der Waals surface area contributed by atoms with E-state index in [1.54, 1.807) is 7.11 Å². The Bertz CT molecular complexity index is 103. The molecule has 1 fully saturated rings. The fourth-order valence-corrected chi connectivity index (χ4v) is 1.42. The van der Waals surface area contributed by atoms with Gasteiger partial charge in [-0.1, -0.05) is 6.92 Å². The molecule has 2 nitrogen and oxygen atoms in total. The number of rotatable bonds is 1. The summed E-state index contributed by atoms with van der Waals surface area (Å²) in [7, 11) is 1.78. The van der Waals surface area contributed by atoms with E-state index < -0.39 is 0 Å². The molecule has 0 radical (unpaired) electrons. The zero-order valence-corrected chi connectivity index (χ0v) is 6.96. The molecule has 0 aromatic heterocycles. The van der Waals surface area contributed by atoms with Gasteiger partial charge in [0, 0.05) is 19.6 Å². The first-order chi connectivity index (χ1) is 4.75. The molecule has 0 spiro atoms. The van der Waals surface area contributed by atoms with E-state index in [1.807, 2.05) is 0 Å². The lowest BCUT2D eigenvalue weighted by atomic mass is 9.94. The first-order valence-electron chi connectivity index (χ1n) is 3.90. The Balaban J connectivity index is 2.42. The van der Waals surface area contributed by atoms with Crippen LogP contribution in [0.15, 0.2) is 0 Å². The van der Waals surface area contributed by atoms with Crippen LogP contribution in [0.3, 0.4) is 0 Å². The van der Waals surface area contributed by atoms with Gasteiger partial charge >= 0.3 is 0 Å². The van der Waals surface area contributed by atoms with Crippen LogP contribution < -0.4 is 0 Å². The van der Waals surface area contributed by atoms with Crippen LogP contribution in [0.5, 0.6) is 0 Å². The predicted molar refractivity (Wildman–Crippen MR) is 40.0 cm³/mol. The van der Waals surface area contributed by atoms with E-state index in [1.165, 1.54) is 0 Å². The number of ether oxygens (including phenoxy) is 2. The third-order valence-corrected chi connectivity index (χ3v) is 2.41. The van der Waals surface area contributed by atoms with Gasteiger partial charge < -0.3 is 9.47 Å². The molecule has 0 unspecified atom stereocenters. The zero-order valence-electron chi connectivity index (χ0n) is 6.96. The molecule has 0 amide bonds. The molecule has 1 rings (SSSR count). The highest BCUT2D eigenvalue weighted by atomic mass is 16.5. The molecule has 0 saturated carbocycles. The van der Waals surface area contributed by atoms with Crippen LogP contribution >= 0.6 is 0 Å². The second kappa shape index (κ2) is 3.35. The van der Waals surface area contributed by atoms with Crippen LogP contribution in [0.4, 0.5) is 0 Å². The maximum atomic E-state index is 5.44. The average Bonchev–Trinajstić information content (AvgIpc) is 1.95. The van der Waals surface area contributed by atoms with Crippen LogP contribution in [-0.2, 0) is 9.47 Å². The van der Waals surface area contributed by atoms with Crippen molar-refractivity contribution in [2.45, 2.75) is 32.5 Å². The van der Waals surface area contributed by atoms with Crippen molar-refractivity contribution in [3.63, 3.8) is 0 Å². The number of hydrogen-bond acceptors (Lipinski definition) is 2. The van der Waals surface area contributed by atoms with Gasteiger partial charge in [0.2, 0.25) is 0 Å². The minimum absolute atomic E-state index is 0.360. The lowest BCUT2D eigenvalue weighted by Crippen LogP contribution is -2.37. The van der Waals surface area contributed by atoms with Gasteiger partial charge in [-0.25, -0.2) is 0 Å². The molecule has 0 aliphatic carbocycles. The molecule has 2 heteroatoms. The highest BCUT2D eigenvalue weighted by Gasteiger charge is 2.27. The van der Waals surface area contributed by atoms with Crippen LogP contribution in [0.25, 0.3) is 0 Å². The van der Waals surface area contributed by atoms with Crippen LogP contribution in [0, 0.1) is 5.92 Å². The molecule has 60 valence electrons. The standard InChI is InChI=1S/C8H16O2/c1-6-7(2)10-5-4-8(6)9-3/h6-8H,4-5H2,1-3H3/t6-,7-,8-/m0/s1. The van der Waals surface area contributed by atoms with Gasteiger partial charge in [0.05, 0.1) is 12.2 Å². The summed E-state index contributed by atoms with van der Waals surface area (Å²) >= 11 is 0.